The lowest BCUT2D eigenvalue weighted by Crippen LogP contribution is -2.28. The molecular weight excluding hydrogens is 508 g/mol. The fourth-order valence-electron chi connectivity index (χ4n) is 5.27. The van der Waals surface area contributed by atoms with Crippen LogP contribution < -0.4 is 4.74 Å². The van der Waals surface area contributed by atoms with Crippen LogP contribution in [-0.2, 0) is 16.2 Å². The minimum atomic E-state index is -0.237. The van der Waals surface area contributed by atoms with Gasteiger partial charge in [-0.05, 0) is 68.2 Å². The van der Waals surface area contributed by atoms with E-state index >= 15 is 0 Å². The summed E-state index contributed by atoms with van der Waals surface area (Å²) in [7, 11) is 0. The summed E-state index contributed by atoms with van der Waals surface area (Å²) < 4.78 is 7.92. The van der Waals surface area contributed by atoms with E-state index in [0.717, 1.165) is 27.4 Å². The van der Waals surface area contributed by atoms with E-state index in [9.17, 15) is 0 Å². The van der Waals surface area contributed by atoms with Gasteiger partial charge in [-0.1, -0.05) is 73.6 Å². The molecule has 0 aliphatic carbocycles. The number of hydrogen-bond acceptors (Lipinski definition) is 1. The number of ether oxygens (including phenoxy) is 1. The van der Waals surface area contributed by atoms with Gasteiger partial charge in [0, 0.05) is 45.9 Å². The Morgan fingerprint density at radius 2 is 1.25 bits per heavy atom. The van der Waals surface area contributed by atoms with Crippen molar-refractivity contribution in [2.75, 3.05) is 0 Å². The first-order valence-electron chi connectivity index (χ1n) is 12.8. The Labute approximate surface area is 223 Å². The summed E-state index contributed by atoms with van der Waals surface area (Å²) in [4.78, 5) is 6.96. The maximum atomic E-state index is 6.91. The second-order valence-corrected chi connectivity index (χ2v) is 13.5. The second-order valence-electron chi connectivity index (χ2n) is 12.7. The lowest BCUT2D eigenvalue weighted by atomic mass is 9.70. The number of aromatic amines is 2. The Balaban J connectivity index is 1.82. The molecule has 2 aromatic heterocycles. The number of benzene rings is 2. The number of H-pyrrole nitrogens is 2. The predicted molar refractivity (Wildman–Crippen MR) is 153 cm³/mol. The maximum Gasteiger partial charge on any atom is 0.145 e. The van der Waals surface area contributed by atoms with E-state index in [-0.39, 0.29) is 22.2 Å². The molecule has 4 heteroatoms. The molecule has 0 bridgehead atoms. The first kappa shape index (κ1) is 25.0. The Morgan fingerprint density at radius 1 is 0.750 bits per heavy atom. The first-order valence-corrected chi connectivity index (χ1v) is 13.6. The van der Waals surface area contributed by atoms with Crippen molar-refractivity contribution in [1.29, 1.82) is 0 Å². The molecule has 0 fully saturated rings. The average Bonchev–Trinajstić information content (AvgIpc) is 3.48. The zero-order valence-electron chi connectivity index (χ0n) is 22.6. The highest BCUT2D eigenvalue weighted by Crippen LogP contribution is 2.55. The Kier molecular flexibility index (Phi) is 5.83. The molecule has 0 saturated heterocycles. The van der Waals surface area contributed by atoms with Gasteiger partial charge in [-0.3, -0.25) is 0 Å². The van der Waals surface area contributed by atoms with Gasteiger partial charge in [0.15, 0.2) is 0 Å². The highest BCUT2D eigenvalue weighted by atomic mass is 79.9. The van der Waals surface area contributed by atoms with Gasteiger partial charge in [-0.25, -0.2) is 0 Å². The van der Waals surface area contributed by atoms with Gasteiger partial charge in [0.05, 0.1) is 10.4 Å². The zero-order chi connectivity index (χ0) is 26.0. The summed E-state index contributed by atoms with van der Waals surface area (Å²) >= 11 is 3.88. The number of nitrogens with one attached hydrogen (secondary N) is 2. The molecule has 4 aromatic rings. The molecule has 0 unspecified atom stereocenters. The van der Waals surface area contributed by atoms with Crippen molar-refractivity contribution in [2.45, 2.75) is 77.6 Å². The molecule has 0 atom stereocenters. The lowest BCUT2D eigenvalue weighted by Gasteiger charge is -2.39. The van der Waals surface area contributed by atoms with Gasteiger partial charge in [0.25, 0.3) is 0 Å². The van der Waals surface area contributed by atoms with Gasteiger partial charge >= 0.3 is 0 Å². The summed E-state index contributed by atoms with van der Waals surface area (Å²) in [5, 5.41) is 0. The molecule has 0 radical (unpaired) electrons. The van der Waals surface area contributed by atoms with Crippen molar-refractivity contribution in [3.8, 4) is 11.5 Å². The third-order valence-electron chi connectivity index (χ3n) is 7.62. The van der Waals surface area contributed by atoms with Gasteiger partial charge in [0.2, 0.25) is 0 Å². The summed E-state index contributed by atoms with van der Waals surface area (Å²) in [6, 6.07) is 17.7. The van der Waals surface area contributed by atoms with E-state index in [2.05, 4.69) is 130 Å². The zero-order valence-corrected chi connectivity index (χ0v) is 24.2. The van der Waals surface area contributed by atoms with Crippen LogP contribution in [0, 0.1) is 0 Å². The van der Waals surface area contributed by atoms with Crippen LogP contribution in [0.1, 0.15) is 101 Å². The van der Waals surface area contributed by atoms with Gasteiger partial charge in [-0.2, -0.15) is 0 Å². The van der Waals surface area contributed by atoms with Crippen molar-refractivity contribution in [2.24, 2.45) is 0 Å². The topological polar surface area (TPSA) is 40.8 Å². The molecule has 3 nitrogen and oxygen atoms in total. The van der Waals surface area contributed by atoms with E-state index < -0.39 is 0 Å². The number of fused-ring (bicyclic) bond motifs is 2. The van der Waals surface area contributed by atoms with Crippen molar-refractivity contribution in [1.82, 2.24) is 9.97 Å². The highest BCUT2D eigenvalue weighted by Gasteiger charge is 2.40. The van der Waals surface area contributed by atoms with Gasteiger partial charge in [-0.15, -0.1) is 0 Å². The van der Waals surface area contributed by atoms with Crippen LogP contribution in [0.4, 0.5) is 0 Å². The van der Waals surface area contributed by atoms with Crippen molar-refractivity contribution >= 4 is 15.9 Å². The lowest BCUT2D eigenvalue weighted by molar-refractivity contribution is 0.406. The summed E-state index contributed by atoms with van der Waals surface area (Å²) in [5.74, 6) is 1.87. The number of hydrogen-bond donors (Lipinski definition) is 2. The van der Waals surface area contributed by atoms with E-state index in [1.54, 1.807) is 0 Å². The standard InChI is InChI=1S/C32H37BrN2O/c1-30(2,3)19-15-21(27(25-11-9-13-34-25)26-12-10-14-35-26)28-22(16-19)32(7,8)23-17-20(31(4,5)6)18-24(33)29(23)36-28/h9-18,27,34-35H,1-8H3. The average molecular weight is 546 g/mol. The quantitative estimate of drug-likeness (QED) is 0.265. The molecule has 2 aromatic carbocycles. The van der Waals surface area contributed by atoms with Crippen molar-refractivity contribution in [3.05, 3.63) is 105 Å². The molecule has 1 aliphatic rings. The molecule has 0 spiro atoms. The number of rotatable bonds is 3. The smallest absolute Gasteiger partial charge is 0.145 e. The van der Waals surface area contributed by atoms with Gasteiger partial charge < -0.3 is 14.7 Å². The third-order valence-corrected chi connectivity index (χ3v) is 8.21. The number of halogens is 1. The van der Waals surface area contributed by atoms with Gasteiger partial charge in [0.1, 0.15) is 11.5 Å². The number of aromatic nitrogens is 2. The predicted octanol–water partition coefficient (Wildman–Crippen LogP) is 9.31. The minimum absolute atomic E-state index is 0.00368. The molecule has 188 valence electrons. The van der Waals surface area contributed by atoms with Crippen LogP contribution in [0.15, 0.2) is 65.4 Å². The van der Waals surface area contributed by atoms with Crippen LogP contribution >= 0.6 is 15.9 Å². The van der Waals surface area contributed by atoms with Crippen LogP contribution in [-0.4, -0.2) is 9.97 Å². The molecule has 3 heterocycles. The summed E-state index contributed by atoms with van der Waals surface area (Å²) in [5.41, 5.74) is 8.32. The molecule has 5 rings (SSSR count). The Morgan fingerprint density at radius 3 is 1.72 bits per heavy atom. The summed E-state index contributed by atoms with van der Waals surface area (Å²) in [6.45, 7) is 18.3. The molecule has 0 amide bonds. The highest BCUT2D eigenvalue weighted by molar-refractivity contribution is 9.10. The van der Waals surface area contributed by atoms with E-state index in [1.165, 1.54) is 27.8 Å². The summed E-state index contributed by atoms with van der Waals surface area (Å²) in [6.07, 6.45) is 3.99. The SMILES string of the molecule is CC(C)(C)c1cc(Br)c2c(c1)C(C)(C)c1cc(C(C)(C)C)cc(C(c3ccc[nH]3)c3ccc[nH]3)c1O2. The fourth-order valence-corrected chi connectivity index (χ4v) is 5.81. The molecule has 36 heavy (non-hydrogen) atoms. The molecular formula is C32H37BrN2O. The van der Waals surface area contributed by atoms with Crippen LogP contribution in [0.25, 0.3) is 0 Å². The maximum absolute atomic E-state index is 6.91. The largest absolute Gasteiger partial charge is 0.455 e. The van der Waals surface area contributed by atoms with Crippen molar-refractivity contribution in [3.63, 3.8) is 0 Å². The van der Waals surface area contributed by atoms with Crippen LogP contribution in [0.2, 0.25) is 0 Å². The van der Waals surface area contributed by atoms with Crippen LogP contribution in [0.3, 0.4) is 0 Å². The van der Waals surface area contributed by atoms with E-state index in [0.29, 0.717) is 0 Å². The normalized spacial score (nSPS) is 14.9. The second kappa shape index (κ2) is 8.41. The van der Waals surface area contributed by atoms with E-state index in [4.69, 9.17) is 4.74 Å². The fraction of sp³-hybridized carbons (Fsp3) is 0.375. The monoisotopic (exact) mass is 544 g/mol. The van der Waals surface area contributed by atoms with Crippen molar-refractivity contribution < 1.29 is 4.74 Å². The Bertz CT molecular complexity index is 1360. The minimum Gasteiger partial charge on any atom is -0.455 e. The molecule has 1 aliphatic heterocycles. The third kappa shape index (κ3) is 4.14. The Hall–Kier alpha value is -2.72. The molecule has 0 saturated carbocycles. The molecule has 2 N–H and O–H groups in total. The van der Waals surface area contributed by atoms with Crippen LogP contribution in [0.5, 0.6) is 11.5 Å². The first-order chi connectivity index (χ1) is 16.8. The van der Waals surface area contributed by atoms with E-state index in [1.807, 2.05) is 12.4 Å².